The molecule has 3 heterocycles. The Morgan fingerprint density at radius 2 is 2.33 bits per heavy atom. The van der Waals surface area contributed by atoms with Gasteiger partial charge in [0.05, 0.1) is 0 Å². The molecule has 1 N–H and O–H groups in total. The number of hydrogen-bond acceptors (Lipinski definition) is 6. The fourth-order valence-electron chi connectivity index (χ4n) is 2.16. The minimum absolute atomic E-state index is 0.00280. The normalized spacial score (nSPS) is 14.8. The van der Waals surface area contributed by atoms with E-state index in [-0.39, 0.29) is 15.9 Å². The number of nitrogens with one attached hydrogen (secondary N) is 1. The molecule has 9 heteroatoms. The summed E-state index contributed by atoms with van der Waals surface area (Å²) in [5.74, 6) is 0.142. The van der Waals surface area contributed by atoms with Gasteiger partial charge in [0.2, 0.25) is 5.91 Å². The third-order valence-corrected chi connectivity index (χ3v) is 6.30. The summed E-state index contributed by atoms with van der Waals surface area (Å²) in [5.41, 5.74) is 0.891. The molecule has 0 fully saturated rings. The average Bonchev–Trinajstić information content (AvgIpc) is 3.05. The second-order valence-corrected chi connectivity index (χ2v) is 7.74. The Labute approximate surface area is 125 Å². The molecule has 112 valence electrons. The lowest BCUT2D eigenvalue weighted by molar-refractivity contribution is -0.129. The second kappa shape index (κ2) is 5.15. The van der Waals surface area contributed by atoms with Crippen LogP contribution in [-0.4, -0.2) is 30.9 Å². The molecule has 0 saturated carbocycles. The van der Waals surface area contributed by atoms with Crippen LogP contribution in [0.1, 0.15) is 17.4 Å². The quantitative estimate of drug-likeness (QED) is 0.921. The van der Waals surface area contributed by atoms with Crippen LogP contribution in [0.25, 0.3) is 0 Å². The highest BCUT2D eigenvalue weighted by Gasteiger charge is 2.25. The smallest absolute Gasteiger partial charge is 0.272 e. The summed E-state index contributed by atoms with van der Waals surface area (Å²) in [4.78, 5) is 14.1. The number of carbonyl (C=O) groups excluding carboxylic acids is 1. The number of carbonyl (C=O) groups is 1. The predicted octanol–water partition coefficient (Wildman–Crippen LogP) is 1.44. The van der Waals surface area contributed by atoms with Crippen LogP contribution in [0, 0.1) is 0 Å². The van der Waals surface area contributed by atoms with Gasteiger partial charge < -0.3 is 9.42 Å². The number of rotatable bonds is 3. The first kappa shape index (κ1) is 14.1. The molecule has 0 bridgehead atoms. The van der Waals surface area contributed by atoms with Crippen LogP contribution in [0.4, 0.5) is 5.82 Å². The molecule has 0 aromatic carbocycles. The van der Waals surface area contributed by atoms with Crippen molar-refractivity contribution in [2.75, 3.05) is 11.3 Å². The maximum atomic E-state index is 12.3. The van der Waals surface area contributed by atoms with Gasteiger partial charge in [0, 0.05) is 31.0 Å². The molecule has 0 aliphatic carbocycles. The molecular weight excluding hydrogens is 314 g/mol. The maximum Gasteiger partial charge on any atom is 0.272 e. The number of thiophene rings is 1. The Morgan fingerprint density at radius 3 is 3.00 bits per heavy atom. The number of amides is 1. The van der Waals surface area contributed by atoms with E-state index in [0.717, 1.165) is 10.4 Å². The zero-order valence-corrected chi connectivity index (χ0v) is 12.8. The van der Waals surface area contributed by atoms with Crippen molar-refractivity contribution in [2.24, 2.45) is 0 Å². The lowest BCUT2D eigenvalue weighted by atomic mass is 10.1. The van der Waals surface area contributed by atoms with E-state index in [0.29, 0.717) is 19.5 Å². The molecule has 0 spiro atoms. The Kier molecular flexibility index (Phi) is 3.46. The third kappa shape index (κ3) is 2.79. The van der Waals surface area contributed by atoms with Crippen LogP contribution in [0.3, 0.4) is 0 Å². The van der Waals surface area contributed by atoms with Gasteiger partial charge in [0.25, 0.3) is 10.0 Å². The molecule has 3 rings (SSSR count). The molecule has 21 heavy (non-hydrogen) atoms. The molecule has 2 aromatic heterocycles. The SMILES string of the molecule is CC(=O)N1CCc2sc(S(=O)(=O)Nc3ccon3)cc2C1. The highest BCUT2D eigenvalue weighted by Crippen LogP contribution is 2.31. The van der Waals surface area contributed by atoms with Gasteiger partial charge in [-0.15, -0.1) is 11.3 Å². The van der Waals surface area contributed by atoms with E-state index in [9.17, 15) is 13.2 Å². The van der Waals surface area contributed by atoms with Crippen molar-refractivity contribution in [3.63, 3.8) is 0 Å². The van der Waals surface area contributed by atoms with Crippen molar-refractivity contribution >= 4 is 33.1 Å². The topological polar surface area (TPSA) is 92.5 Å². The lowest BCUT2D eigenvalue weighted by Crippen LogP contribution is -2.33. The van der Waals surface area contributed by atoms with E-state index < -0.39 is 10.0 Å². The van der Waals surface area contributed by atoms with Gasteiger partial charge in [-0.05, 0) is 18.1 Å². The Morgan fingerprint density at radius 1 is 1.52 bits per heavy atom. The Bertz CT molecular complexity index is 765. The summed E-state index contributed by atoms with van der Waals surface area (Å²) in [6, 6.07) is 3.06. The van der Waals surface area contributed by atoms with E-state index in [2.05, 4.69) is 14.4 Å². The predicted molar refractivity (Wildman–Crippen MR) is 76.4 cm³/mol. The van der Waals surface area contributed by atoms with Crippen LogP contribution in [0.15, 0.2) is 27.1 Å². The van der Waals surface area contributed by atoms with Crippen molar-refractivity contribution in [3.8, 4) is 0 Å². The van der Waals surface area contributed by atoms with Gasteiger partial charge in [-0.3, -0.25) is 9.52 Å². The van der Waals surface area contributed by atoms with Crippen molar-refractivity contribution in [1.82, 2.24) is 10.1 Å². The zero-order chi connectivity index (χ0) is 15.0. The highest BCUT2D eigenvalue weighted by atomic mass is 32.2. The summed E-state index contributed by atoms with van der Waals surface area (Å²) in [6.07, 6.45) is 1.97. The second-order valence-electron chi connectivity index (χ2n) is 4.69. The van der Waals surface area contributed by atoms with Gasteiger partial charge in [0.15, 0.2) is 5.82 Å². The molecule has 0 radical (unpaired) electrons. The fraction of sp³-hybridized carbons (Fsp3) is 0.333. The van der Waals surface area contributed by atoms with Gasteiger partial charge in [-0.2, -0.15) is 0 Å². The monoisotopic (exact) mass is 327 g/mol. The standard InChI is InChI=1S/C12H13N3O4S2/c1-8(16)15-4-2-10-9(7-15)6-12(20-10)21(17,18)14-11-3-5-19-13-11/h3,5-6H,2,4,7H2,1H3,(H,13,14). The Hall–Kier alpha value is -1.87. The molecule has 0 atom stereocenters. The van der Waals surface area contributed by atoms with Crippen molar-refractivity contribution in [2.45, 2.75) is 24.1 Å². The van der Waals surface area contributed by atoms with Crippen LogP contribution < -0.4 is 4.72 Å². The number of sulfonamides is 1. The van der Waals surface area contributed by atoms with Crippen LogP contribution >= 0.6 is 11.3 Å². The summed E-state index contributed by atoms with van der Waals surface area (Å²) in [7, 11) is -3.67. The summed E-state index contributed by atoms with van der Waals surface area (Å²) in [6.45, 7) is 2.60. The molecule has 0 saturated heterocycles. The number of anilines is 1. The Balaban J connectivity index is 1.86. The summed E-state index contributed by atoms with van der Waals surface area (Å²) < 4.78 is 31.7. The summed E-state index contributed by atoms with van der Waals surface area (Å²) >= 11 is 1.23. The highest BCUT2D eigenvalue weighted by molar-refractivity contribution is 7.94. The van der Waals surface area contributed by atoms with Crippen molar-refractivity contribution < 1.29 is 17.7 Å². The molecule has 1 aliphatic heterocycles. The number of fused-ring (bicyclic) bond motifs is 1. The number of hydrogen-bond donors (Lipinski definition) is 1. The third-order valence-electron chi connectivity index (χ3n) is 3.23. The zero-order valence-electron chi connectivity index (χ0n) is 11.2. The molecule has 7 nitrogen and oxygen atoms in total. The van der Waals surface area contributed by atoms with Gasteiger partial charge in [-0.25, -0.2) is 8.42 Å². The first-order chi connectivity index (χ1) is 9.95. The average molecular weight is 327 g/mol. The van der Waals surface area contributed by atoms with Crippen LogP contribution in [-0.2, 0) is 27.8 Å². The van der Waals surface area contributed by atoms with E-state index >= 15 is 0 Å². The van der Waals surface area contributed by atoms with E-state index in [1.807, 2.05) is 0 Å². The van der Waals surface area contributed by atoms with E-state index in [1.165, 1.54) is 30.6 Å². The van der Waals surface area contributed by atoms with E-state index in [4.69, 9.17) is 0 Å². The molecule has 1 aliphatic rings. The fourth-order valence-corrected chi connectivity index (χ4v) is 4.70. The molecule has 1 amide bonds. The lowest BCUT2D eigenvalue weighted by Gasteiger charge is -2.25. The first-order valence-corrected chi connectivity index (χ1v) is 8.56. The van der Waals surface area contributed by atoms with E-state index in [1.54, 1.807) is 11.0 Å². The largest absolute Gasteiger partial charge is 0.363 e. The van der Waals surface area contributed by atoms with Gasteiger partial charge in [-0.1, -0.05) is 5.16 Å². The van der Waals surface area contributed by atoms with Gasteiger partial charge in [0.1, 0.15) is 10.5 Å². The maximum absolute atomic E-state index is 12.3. The van der Waals surface area contributed by atoms with Crippen molar-refractivity contribution in [1.29, 1.82) is 0 Å². The van der Waals surface area contributed by atoms with Crippen molar-refractivity contribution in [3.05, 3.63) is 28.8 Å². The molecule has 2 aromatic rings. The number of nitrogens with zero attached hydrogens (tertiary/aromatic N) is 2. The molecular formula is C12H13N3O4S2. The minimum atomic E-state index is -3.67. The number of aromatic nitrogens is 1. The first-order valence-electron chi connectivity index (χ1n) is 6.26. The minimum Gasteiger partial charge on any atom is -0.363 e. The summed E-state index contributed by atoms with van der Waals surface area (Å²) in [5, 5.41) is 3.53. The van der Waals surface area contributed by atoms with Crippen LogP contribution in [0.2, 0.25) is 0 Å². The molecule has 0 unspecified atom stereocenters. The van der Waals surface area contributed by atoms with Gasteiger partial charge >= 0.3 is 0 Å². The van der Waals surface area contributed by atoms with Crippen LogP contribution in [0.5, 0.6) is 0 Å².